The molecule has 1 aromatic heterocycles. The number of rotatable bonds is 4. The average Bonchev–Trinajstić information content (AvgIpc) is 2.22. The van der Waals surface area contributed by atoms with Crippen molar-refractivity contribution in [3.8, 4) is 0 Å². The predicted molar refractivity (Wildman–Crippen MR) is 69.0 cm³/mol. The maximum atomic E-state index is 5.96. The number of hydrogen-bond acceptors (Lipinski definition) is 3. The molecule has 84 valence electrons. The summed E-state index contributed by atoms with van der Waals surface area (Å²) < 4.78 is 6.53. The summed E-state index contributed by atoms with van der Waals surface area (Å²) in [6.45, 7) is 6.62. The van der Waals surface area contributed by atoms with Crippen molar-refractivity contribution in [2.75, 3.05) is 6.61 Å². The van der Waals surface area contributed by atoms with Gasteiger partial charge in [0.25, 0.3) is 0 Å². The van der Waals surface area contributed by atoms with Crippen molar-refractivity contribution in [1.29, 1.82) is 0 Å². The minimum absolute atomic E-state index is 0.442. The molecule has 0 saturated carbocycles. The molecule has 1 rings (SSSR count). The highest BCUT2D eigenvalue weighted by atomic mass is 127. The molecule has 5 heteroatoms. The van der Waals surface area contributed by atoms with Crippen molar-refractivity contribution >= 4 is 34.2 Å². The third kappa shape index (κ3) is 3.01. The van der Waals surface area contributed by atoms with Crippen LogP contribution in [0.4, 0.5) is 0 Å². The molecule has 0 aliphatic heterocycles. The summed E-state index contributed by atoms with van der Waals surface area (Å²) in [6.07, 6.45) is 2.54. The number of aromatic nitrogens is 2. The van der Waals surface area contributed by atoms with Gasteiger partial charge < -0.3 is 4.74 Å². The molecule has 0 saturated heterocycles. The lowest BCUT2D eigenvalue weighted by Crippen LogP contribution is -2.28. The van der Waals surface area contributed by atoms with Crippen LogP contribution >= 0.6 is 34.2 Å². The van der Waals surface area contributed by atoms with Crippen molar-refractivity contribution in [2.24, 2.45) is 0 Å². The van der Waals surface area contributed by atoms with Crippen LogP contribution in [0.2, 0.25) is 5.15 Å². The minimum atomic E-state index is -0.442. The summed E-state index contributed by atoms with van der Waals surface area (Å²) in [5.74, 6) is 0.650. The molecule has 1 atom stereocenters. The van der Waals surface area contributed by atoms with E-state index in [1.807, 2.05) is 20.8 Å². The van der Waals surface area contributed by atoms with Crippen LogP contribution in [0.25, 0.3) is 0 Å². The summed E-state index contributed by atoms with van der Waals surface area (Å²) in [7, 11) is 0. The van der Waals surface area contributed by atoms with Gasteiger partial charge in [-0.25, -0.2) is 9.97 Å². The molecule has 1 heterocycles. The quantitative estimate of drug-likeness (QED) is 0.622. The second kappa shape index (κ2) is 5.41. The third-order valence-electron chi connectivity index (χ3n) is 2.31. The van der Waals surface area contributed by atoms with Gasteiger partial charge in [-0.3, -0.25) is 0 Å². The zero-order valence-electron chi connectivity index (χ0n) is 9.05. The lowest BCUT2D eigenvalue weighted by Gasteiger charge is -2.26. The lowest BCUT2D eigenvalue weighted by molar-refractivity contribution is -0.0390. The van der Waals surface area contributed by atoms with Gasteiger partial charge in [0.2, 0.25) is 0 Å². The maximum Gasteiger partial charge on any atom is 0.161 e. The van der Waals surface area contributed by atoms with Crippen molar-refractivity contribution in [3.05, 3.63) is 20.7 Å². The second-order valence-electron chi connectivity index (χ2n) is 3.35. The maximum absolute atomic E-state index is 5.96. The summed E-state index contributed by atoms with van der Waals surface area (Å²) in [5.41, 5.74) is -0.442. The average molecular weight is 341 g/mol. The van der Waals surface area contributed by atoms with Crippen molar-refractivity contribution in [3.63, 3.8) is 0 Å². The zero-order chi connectivity index (χ0) is 11.5. The Morgan fingerprint density at radius 2 is 2.20 bits per heavy atom. The summed E-state index contributed by atoms with van der Waals surface area (Å²) in [4.78, 5) is 8.53. The number of hydrogen-bond donors (Lipinski definition) is 0. The SMILES string of the molecule is CCOC(C)(CC)c1ncc(I)c(Cl)n1. The van der Waals surface area contributed by atoms with E-state index in [-0.39, 0.29) is 0 Å². The van der Waals surface area contributed by atoms with Crippen LogP contribution in [0.5, 0.6) is 0 Å². The van der Waals surface area contributed by atoms with E-state index in [1.165, 1.54) is 0 Å². The molecule has 0 aromatic carbocycles. The molecule has 0 N–H and O–H groups in total. The smallest absolute Gasteiger partial charge is 0.161 e. The molecule has 1 unspecified atom stereocenters. The summed E-state index contributed by atoms with van der Waals surface area (Å²) in [5, 5.41) is 0.486. The van der Waals surface area contributed by atoms with Crippen molar-refractivity contribution < 1.29 is 4.74 Å². The van der Waals surface area contributed by atoms with Gasteiger partial charge in [-0.05, 0) is 42.9 Å². The third-order valence-corrected chi connectivity index (χ3v) is 3.71. The first-order valence-corrected chi connectivity index (χ1v) is 6.31. The van der Waals surface area contributed by atoms with E-state index in [2.05, 4.69) is 32.6 Å². The molecule has 0 aliphatic carbocycles. The molecule has 0 amide bonds. The van der Waals surface area contributed by atoms with Crippen molar-refractivity contribution in [2.45, 2.75) is 32.8 Å². The fourth-order valence-corrected chi connectivity index (χ4v) is 1.63. The van der Waals surface area contributed by atoms with Crippen LogP contribution in [0.15, 0.2) is 6.20 Å². The van der Waals surface area contributed by atoms with Gasteiger partial charge in [0.15, 0.2) is 5.82 Å². The first-order chi connectivity index (χ1) is 7.03. The molecule has 1 aromatic rings. The van der Waals surface area contributed by atoms with E-state index in [0.717, 1.165) is 9.99 Å². The van der Waals surface area contributed by atoms with Gasteiger partial charge in [0.1, 0.15) is 10.8 Å². The molecule has 0 fully saturated rings. The lowest BCUT2D eigenvalue weighted by atomic mass is 10.0. The zero-order valence-corrected chi connectivity index (χ0v) is 12.0. The highest BCUT2D eigenvalue weighted by Gasteiger charge is 2.28. The van der Waals surface area contributed by atoms with E-state index < -0.39 is 5.60 Å². The molecule has 0 radical (unpaired) electrons. The first kappa shape index (κ1) is 13.1. The van der Waals surface area contributed by atoms with E-state index in [0.29, 0.717) is 17.6 Å². The Kier molecular flexibility index (Phi) is 4.73. The largest absolute Gasteiger partial charge is 0.368 e. The number of halogens is 2. The fraction of sp³-hybridized carbons (Fsp3) is 0.600. The van der Waals surface area contributed by atoms with E-state index in [9.17, 15) is 0 Å². The van der Waals surface area contributed by atoms with E-state index in [1.54, 1.807) is 6.20 Å². The molecule has 15 heavy (non-hydrogen) atoms. The van der Waals surface area contributed by atoms with E-state index in [4.69, 9.17) is 16.3 Å². The highest BCUT2D eigenvalue weighted by Crippen LogP contribution is 2.27. The van der Waals surface area contributed by atoms with Crippen LogP contribution in [-0.2, 0) is 10.3 Å². The summed E-state index contributed by atoms with van der Waals surface area (Å²) in [6, 6.07) is 0. The standard InChI is InChI=1S/C10H14ClIN2O/c1-4-10(3,15-5-2)9-13-6-7(12)8(11)14-9/h6H,4-5H2,1-3H3. The Morgan fingerprint density at radius 3 is 2.67 bits per heavy atom. The van der Waals surface area contributed by atoms with Crippen LogP contribution in [0, 0.1) is 3.57 Å². The Hall–Kier alpha value is 0.0600. The highest BCUT2D eigenvalue weighted by molar-refractivity contribution is 14.1. The van der Waals surface area contributed by atoms with E-state index >= 15 is 0 Å². The van der Waals surface area contributed by atoms with Gasteiger partial charge >= 0.3 is 0 Å². The Labute approximate surface area is 109 Å². The number of nitrogens with zero attached hydrogens (tertiary/aromatic N) is 2. The van der Waals surface area contributed by atoms with Crippen molar-refractivity contribution in [1.82, 2.24) is 9.97 Å². The van der Waals surface area contributed by atoms with Gasteiger partial charge in [0, 0.05) is 12.8 Å². The Bertz CT molecular complexity index is 348. The van der Waals surface area contributed by atoms with Crippen LogP contribution in [0.3, 0.4) is 0 Å². The topological polar surface area (TPSA) is 35.0 Å². The van der Waals surface area contributed by atoms with Gasteiger partial charge in [-0.15, -0.1) is 0 Å². The normalized spacial score (nSPS) is 15.0. The summed E-state index contributed by atoms with van der Waals surface area (Å²) >= 11 is 8.07. The Balaban J connectivity index is 3.07. The van der Waals surface area contributed by atoms with Gasteiger partial charge in [-0.1, -0.05) is 18.5 Å². The van der Waals surface area contributed by atoms with Crippen LogP contribution in [0.1, 0.15) is 33.0 Å². The van der Waals surface area contributed by atoms with Gasteiger partial charge in [0.05, 0.1) is 3.57 Å². The van der Waals surface area contributed by atoms with Gasteiger partial charge in [-0.2, -0.15) is 0 Å². The second-order valence-corrected chi connectivity index (χ2v) is 4.87. The monoisotopic (exact) mass is 340 g/mol. The minimum Gasteiger partial charge on any atom is -0.368 e. The molecule has 0 bridgehead atoms. The molecule has 0 spiro atoms. The molecule has 0 aliphatic rings. The molecular formula is C10H14ClIN2O. The van der Waals surface area contributed by atoms with Crippen LogP contribution in [-0.4, -0.2) is 16.6 Å². The molecular weight excluding hydrogens is 326 g/mol. The first-order valence-electron chi connectivity index (χ1n) is 4.86. The van der Waals surface area contributed by atoms with Crippen LogP contribution < -0.4 is 0 Å². The molecule has 3 nitrogen and oxygen atoms in total. The predicted octanol–water partition coefficient (Wildman–Crippen LogP) is 3.40. The number of ether oxygens (including phenoxy) is 1. The Morgan fingerprint density at radius 1 is 1.53 bits per heavy atom. The fourth-order valence-electron chi connectivity index (χ4n) is 1.24.